The molecule has 0 fully saturated rings. The molecule has 20 heavy (non-hydrogen) atoms. The second-order valence-corrected chi connectivity index (χ2v) is 6.04. The van der Waals surface area contributed by atoms with E-state index in [4.69, 9.17) is 0 Å². The van der Waals surface area contributed by atoms with Crippen LogP contribution in [0.2, 0.25) is 0 Å². The number of halogens is 3. The molecule has 104 valence electrons. The second kappa shape index (κ2) is 5.17. The van der Waals surface area contributed by atoms with Crippen LogP contribution in [0.4, 0.5) is 14.5 Å². The molecule has 1 N–H and O–H groups in total. The molecular weight excluding hydrogens is 324 g/mol. The SMILES string of the molecule is Cc1ccc2c(c1)C(Nc1cc(F)c(Br)cc1F)CC2. The van der Waals surface area contributed by atoms with Crippen LogP contribution in [0.3, 0.4) is 0 Å². The molecule has 1 atom stereocenters. The first kappa shape index (κ1) is 13.6. The van der Waals surface area contributed by atoms with E-state index in [0.717, 1.165) is 18.9 Å². The van der Waals surface area contributed by atoms with Gasteiger partial charge in [-0.1, -0.05) is 23.8 Å². The van der Waals surface area contributed by atoms with Crippen LogP contribution in [0.15, 0.2) is 34.8 Å². The highest BCUT2D eigenvalue weighted by atomic mass is 79.9. The minimum atomic E-state index is -0.462. The van der Waals surface area contributed by atoms with Gasteiger partial charge < -0.3 is 5.32 Å². The van der Waals surface area contributed by atoms with Crippen LogP contribution in [0.5, 0.6) is 0 Å². The summed E-state index contributed by atoms with van der Waals surface area (Å²) in [5.74, 6) is -0.907. The zero-order valence-corrected chi connectivity index (χ0v) is 12.6. The molecule has 0 spiro atoms. The molecule has 1 nitrogen and oxygen atoms in total. The van der Waals surface area contributed by atoms with Gasteiger partial charge >= 0.3 is 0 Å². The molecular formula is C16H14BrF2N. The van der Waals surface area contributed by atoms with E-state index in [1.165, 1.54) is 22.8 Å². The van der Waals surface area contributed by atoms with E-state index in [1.807, 2.05) is 6.92 Å². The Labute approximate surface area is 125 Å². The summed E-state index contributed by atoms with van der Waals surface area (Å²) < 4.78 is 27.6. The zero-order chi connectivity index (χ0) is 14.3. The Morgan fingerprint density at radius 2 is 1.95 bits per heavy atom. The number of aryl methyl sites for hydroxylation is 2. The number of nitrogens with one attached hydrogen (secondary N) is 1. The van der Waals surface area contributed by atoms with Gasteiger partial charge in [-0.15, -0.1) is 0 Å². The summed E-state index contributed by atoms with van der Waals surface area (Å²) >= 11 is 2.99. The Hall–Kier alpha value is -1.42. The molecule has 0 amide bonds. The van der Waals surface area contributed by atoms with Gasteiger partial charge in [0.2, 0.25) is 0 Å². The molecule has 1 unspecified atom stereocenters. The number of hydrogen-bond donors (Lipinski definition) is 1. The van der Waals surface area contributed by atoms with Crippen molar-refractivity contribution in [3.63, 3.8) is 0 Å². The van der Waals surface area contributed by atoms with Gasteiger partial charge in [-0.25, -0.2) is 8.78 Å². The maximum Gasteiger partial charge on any atom is 0.147 e. The highest BCUT2D eigenvalue weighted by Crippen LogP contribution is 2.35. The summed E-state index contributed by atoms with van der Waals surface area (Å²) in [7, 11) is 0. The van der Waals surface area contributed by atoms with Gasteiger partial charge in [-0.2, -0.15) is 0 Å². The molecule has 1 aliphatic carbocycles. The second-order valence-electron chi connectivity index (χ2n) is 5.18. The first-order valence-electron chi connectivity index (χ1n) is 6.55. The topological polar surface area (TPSA) is 12.0 Å². The zero-order valence-electron chi connectivity index (χ0n) is 11.0. The van der Waals surface area contributed by atoms with Crippen LogP contribution in [0.1, 0.15) is 29.2 Å². The van der Waals surface area contributed by atoms with E-state index in [0.29, 0.717) is 0 Å². The minimum absolute atomic E-state index is 0.0416. The first-order valence-corrected chi connectivity index (χ1v) is 7.34. The van der Waals surface area contributed by atoms with Crippen LogP contribution < -0.4 is 5.32 Å². The molecule has 2 aromatic rings. The third-order valence-electron chi connectivity index (χ3n) is 3.72. The molecule has 0 heterocycles. The van der Waals surface area contributed by atoms with Gasteiger partial charge in [0.15, 0.2) is 0 Å². The fourth-order valence-electron chi connectivity index (χ4n) is 2.69. The predicted octanol–water partition coefficient (Wildman–Crippen LogP) is 5.14. The van der Waals surface area contributed by atoms with Crippen LogP contribution in [0.25, 0.3) is 0 Å². The lowest BCUT2D eigenvalue weighted by atomic mass is 10.0. The molecule has 3 rings (SSSR count). The van der Waals surface area contributed by atoms with Crippen molar-refractivity contribution in [2.24, 2.45) is 0 Å². The number of fused-ring (bicyclic) bond motifs is 1. The van der Waals surface area contributed by atoms with Crippen LogP contribution in [-0.2, 0) is 6.42 Å². The van der Waals surface area contributed by atoms with Crippen molar-refractivity contribution in [1.82, 2.24) is 0 Å². The molecule has 0 aliphatic heterocycles. The van der Waals surface area contributed by atoms with Crippen molar-refractivity contribution in [3.05, 3.63) is 63.1 Å². The van der Waals surface area contributed by atoms with Crippen molar-refractivity contribution in [2.75, 3.05) is 5.32 Å². The molecule has 0 saturated heterocycles. The molecule has 0 aromatic heterocycles. The van der Waals surface area contributed by atoms with E-state index in [2.05, 4.69) is 39.4 Å². The summed E-state index contributed by atoms with van der Waals surface area (Å²) in [6.07, 6.45) is 1.86. The number of benzene rings is 2. The summed E-state index contributed by atoms with van der Waals surface area (Å²) in [6, 6.07) is 8.72. The van der Waals surface area contributed by atoms with Crippen molar-refractivity contribution in [1.29, 1.82) is 0 Å². The fraction of sp³-hybridized carbons (Fsp3) is 0.250. The Kier molecular flexibility index (Phi) is 3.50. The molecule has 4 heteroatoms. The predicted molar refractivity (Wildman–Crippen MR) is 79.9 cm³/mol. The standard InChI is InChI=1S/C16H14BrF2N/c1-9-2-3-10-4-5-15(11(10)6-9)20-16-8-13(18)12(17)7-14(16)19/h2-3,6-8,15,20H,4-5H2,1H3. The molecule has 0 saturated carbocycles. The molecule has 0 radical (unpaired) electrons. The van der Waals surface area contributed by atoms with Crippen molar-refractivity contribution in [3.8, 4) is 0 Å². The van der Waals surface area contributed by atoms with Crippen LogP contribution >= 0.6 is 15.9 Å². The normalized spacial score (nSPS) is 17.1. The summed E-state index contributed by atoms with van der Waals surface area (Å²) in [5.41, 5.74) is 3.86. The Balaban J connectivity index is 1.91. The van der Waals surface area contributed by atoms with Gasteiger partial charge in [0.25, 0.3) is 0 Å². The smallest absolute Gasteiger partial charge is 0.147 e. The van der Waals surface area contributed by atoms with E-state index in [1.54, 1.807) is 0 Å². The van der Waals surface area contributed by atoms with Crippen molar-refractivity contribution < 1.29 is 8.78 Å². The van der Waals surface area contributed by atoms with Crippen LogP contribution in [0, 0.1) is 18.6 Å². The van der Waals surface area contributed by atoms with Crippen LogP contribution in [-0.4, -0.2) is 0 Å². The van der Waals surface area contributed by atoms with Gasteiger partial charge in [-0.05, 0) is 52.9 Å². The number of anilines is 1. The lowest BCUT2D eigenvalue weighted by molar-refractivity contribution is 0.593. The summed E-state index contributed by atoms with van der Waals surface area (Å²) in [4.78, 5) is 0. The average molecular weight is 338 g/mol. The van der Waals surface area contributed by atoms with Crippen molar-refractivity contribution >= 4 is 21.6 Å². The van der Waals surface area contributed by atoms with Gasteiger partial charge in [0, 0.05) is 6.07 Å². The highest BCUT2D eigenvalue weighted by Gasteiger charge is 2.23. The lowest BCUT2D eigenvalue weighted by Crippen LogP contribution is -2.09. The molecule has 2 aromatic carbocycles. The molecule has 0 bridgehead atoms. The maximum atomic E-state index is 13.9. The third-order valence-corrected chi connectivity index (χ3v) is 4.33. The summed E-state index contributed by atoms with van der Waals surface area (Å²) in [6.45, 7) is 2.04. The van der Waals surface area contributed by atoms with Gasteiger partial charge in [0.05, 0.1) is 16.2 Å². The van der Waals surface area contributed by atoms with E-state index in [-0.39, 0.29) is 16.2 Å². The summed E-state index contributed by atoms with van der Waals surface area (Å²) in [5, 5.41) is 3.12. The molecule has 1 aliphatic rings. The minimum Gasteiger partial charge on any atom is -0.376 e. The Morgan fingerprint density at radius 1 is 1.15 bits per heavy atom. The third kappa shape index (κ3) is 2.44. The fourth-order valence-corrected chi connectivity index (χ4v) is 3.01. The first-order chi connectivity index (χ1) is 9.54. The quantitative estimate of drug-likeness (QED) is 0.748. The highest BCUT2D eigenvalue weighted by molar-refractivity contribution is 9.10. The Morgan fingerprint density at radius 3 is 2.75 bits per heavy atom. The largest absolute Gasteiger partial charge is 0.376 e. The van der Waals surface area contributed by atoms with E-state index >= 15 is 0 Å². The Bertz CT molecular complexity index is 670. The van der Waals surface area contributed by atoms with E-state index in [9.17, 15) is 8.78 Å². The van der Waals surface area contributed by atoms with Gasteiger partial charge in [-0.3, -0.25) is 0 Å². The van der Waals surface area contributed by atoms with Gasteiger partial charge in [0.1, 0.15) is 11.6 Å². The average Bonchev–Trinajstić information content (AvgIpc) is 2.78. The monoisotopic (exact) mass is 337 g/mol. The number of rotatable bonds is 2. The lowest BCUT2D eigenvalue weighted by Gasteiger charge is -2.17. The van der Waals surface area contributed by atoms with Crippen molar-refractivity contribution in [2.45, 2.75) is 25.8 Å². The maximum absolute atomic E-state index is 13.9. The number of hydrogen-bond acceptors (Lipinski definition) is 1. The van der Waals surface area contributed by atoms with E-state index < -0.39 is 11.6 Å².